The molecule has 0 bridgehead atoms. The zero-order valence-electron chi connectivity index (χ0n) is 14.1. The highest BCUT2D eigenvalue weighted by molar-refractivity contribution is 7.89. The van der Waals surface area contributed by atoms with E-state index in [2.05, 4.69) is 10.2 Å². The molecule has 8 heteroatoms. The molecule has 2 fully saturated rings. The first-order valence-corrected chi connectivity index (χ1v) is 9.99. The summed E-state index contributed by atoms with van der Waals surface area (Å²) in [5.41, 5.74) is 0. The van der Waals surface area contributed by atoms with Gasteiger partial charge in [0.25, 0.3) is 0 Å². The first-order chi connectivity index (χ1) is 12.1. The van der Waals surface area contributed by atoms with Gasteiger partial charge in [0.2, 0.25) is 21.8 Å². The third kappa shape index (κ3) is 3.28. The minimum atomic E-state index is -3.48. The highest BCUT2D eigenvalue weighted by Crippen LogP contribution is 2.40. The molecule has 0 radical (unpaired) electrons. The third-order valence-electron chi connectivity index (χ3n) is 4.88. The van der Waals surface area contributed by atoms with Gasteiger partial charge in [-0.15, -0.1) is 10.2 Å². The Balaban J connectivity index is 1.42. The van der Waals surface area contributed by atoms with Crippen molar-refractivity contribution in [3.63, 3.8) is 0 Å². The number of hydrogen-bond acceptors (Lipinski definition) is 6. The molecule has 25 heavy (non-hydrogen) atoms. The predicted molar refractivity (Wildman–Crippen MR) is 90.0 cm³/mol. The fourth-order valence-corrected chi connectivity index (χ4v) is 4.62. The van der Waals surface area contributed by atoms with Gasteiger partial charge in [-0.3, -0.25) is 0 Å². The quantitative estimate of drug-likeness (QED) is 0.811. The summed E-state index contributed by atoms with van der Waals surface area (Å²) in [5.74, 6) is 2.62. The van der Waals surface area contributed by atoms with E-state index in [0.29, 0.717) is 48.4 Å². The molecular weight excluding hydrogens is 342 g/mol. The molecule has 134 valence electrons. The lowest BCUT2D eigenvalue weighted by molar-refractivity contribution is 0.286. The van der Waals surface area contributed by atoms with Crippen molar-refractivity contribution in [1.29, 1.82) is 0 Å². The van der Waals surface area contributed by atoms with Crippen molar-refractivity contribution in [2.75, 3.05) is 20.2 Å². The van der Waals surface area contributed by atoms with Crippen molar-refractivity contribution in [2.24, 2.45) is 0 Å². The van der Waals surface area contributed by atoms with Crippen LogP contribution in [0.25, 0.3) is 0 Å². The number of hydrogen-bond donors (Lipinski definition) is 0. The zero-order valence-corrected chi connectivity index (χ0v) is 14.9. The number of methoxy groups -OCH3 is 1. The van der Waals surface area contributed by atoms with E-state index in [1.165, 1.54) is 4.31 Å². The van der Waals surface area contributed by atoms with Crippen molar-refractivity contribution in [2.45, 2.75) is 42.4 Å². The van der Waals surface area contributed by atoms with Crippen LogP contribution in [0.1, 0.15) is 49.3 Å². The van der Waals surface area contributed by atoms with Crippen LogP contribution in [0, 0.1) is 0 Å². The van der Waals surface area contributed by atoms with Crippen molar-refractivity contribution in [3.8, 4) is 5.75 Å². The number of ether oxygens (including phenoxy) is 1. The SMILES string of the molecule is COc1ccc(S(=O)(=O)N2CCC(c3nnc(C4CC4)o3)CC2)cc1. The fourth-order valence-electron chi connectivity index (χ4n) is 3.15. The Labute approximate surface area is 147 Å². The van der Waals surface area contributed by atoms with Crippen molar-refractivity contribution in [3.05, 3.63) is 36.0 Å². The Morgan fingerprint density at radius 3 is 2.08 bits per heavy atom. The van der Waals surface area contributed by atoms with E-state index in [4.69, 9.17) is 9.15 Å². The molecule has 0 amide bonds. The predicted octanol–water partition coefficient (Wildman–Crippen LogP) is 2.52. The molecule has 0 N–H and O–H groups in total. The van der Waals surface area contributed by atoms with Crippen molar-refractivity contribution < 1.29 is 17.6 Å². The number of sulfonamides is 1. The van der Waals surface area contributed by atoms with E-state index in [0.717, 1.165) is 18.7 Å². The minimum absolute atomic E-state index is 0.141. The van der Waals surface area contributed by atoms with Crippen molar-refractivity contribution >= 4 is 10.0 Å². The first kappa shape index (κ1) is 16.5. The normalized spacial score (nSPS) is 19.9. The zero-order chi connectivity index (χ0) is 17.4. The smallest absolute Gasteiger partial charge is 0.243 e. The van der Waals surface area contributed by atoms with Gasteiger partial charge in [0.05, 0.1) is 12.0 Å². The average molecular weight is 363 g/mol. The number of benzene rings is 1. The topological polar surface area (TPSA) is 85.5 Å². The Hall–Kier alpha value is -1.93. The summed E-state index contributed by atoms with van der Waals surface area (Å²) in [6.07, 6.45) is 3.64. The van der Waals surface area contributed by atoms with Gasteiger partial charge in [-0.05, 0) is 49.9 Å². The van der Waals surface area contributed by atoms with Gasteiger partial charge < -0.3 is 9.15 Å². The molecule has 2 aromatic rings. The van der Waals surface area contributed by atoms with Gasteiger partial charge in [0, 0.05) is 24.9 Å². The maximum absolute atomic E-state index is 12.8. The summed E-state index contributed by atoms with van der Waals surface area (Å²) < 4.78 is 37.9. The lowest BCUT2D eigenvalue weighted by Gasteiger charge is -2.29. The molecule has 1 aromatic carbocycles. The van der Waals surface area contributed by atoms with Gasteiger partial charge in [-0.2, -0.15) is 4.31 Å². The molecule has 4 rings (SSSR count). The van der Waals surface area contributed by atoms with Crippen LogP contribution < -0.4 is 4.74 Å². The molecular formula is C17H21N3O4S. The number of aromatic nitrogens is 2. The Morgan fingerprint density at radius 2 is 1.56 bits per heavy atom. The third-order valence-corrected chi connectivity index (χ3v) is 6.80. The van der Waals surface area contributed by atoms with Crippen molar-refractivity contribution in [1.82, 2.24) is 14.5 Å². The molecule has 0 atom stereocenters. The van der Waals surface area contributed by atoms with E-state index in [1.54, 1.807) is 31.4 Å². The molecule has 1 aromatic heterocycles. The van der Waals surface area contributed by atoms with Crippen LogP contribution in [0.2, 0.25) is 0 Å². The summed E-state index contributed by atoms with van der Waals surface area (Å²) in [7, 11) is -1.92. The lowest BCUT2D eigenvalue weighted by atomic mass is 9.98. The first-order valence-electron chi connectivity index (χ1n) is 8.55. The molecule has 1 aliphatic heterocycles. The van der Waals surface area contributed by atoms with Crippen LogP contribution in [-0.4, -0.2) is 43.1 Å². The van der Waals surface area contributed by atoms with E-state index < -0.39 is 10.0 Å². The van der Waals surface area contributed by atoms with Gasteiger partial charge >= 0.3 is 0 Å². The number of rotatable bonds is 5. The maximum Gasteiger partial charge on any atom is 0.243 e. The molecule has 2 heterocycles. The van der Waals surface area contributed by atoms with E-state index >= 15 is 0 Å². The second kappa shape index (κ2) is 6.42. The van der Waals surface area contributed by atoms with Crippen LogP contribution in [-0.2, 0) is 10.0 Å². The summed E-state index contributed by atoms with van der Waals surface area (Å²) in [4.78, 5) is 0.292. The summed E-state index contributed by atoms with van der Waals surface area (Å²) in [5, 5.41) is 8.29. The number of nitrogens with zero attached hydrogens (tertiary/aromatic N) is 3. The standard InChI is InChI=1S/C17H21N3O4S/c1-23-14-4-6-15(7-5-14)25(21,22)20-10-8-13(9-11-20)17-19-18-16(24-17)12-2-3-12/h4-7,12-13H,2-3,8-11H2,1H3. The maximum atomic E-state index is 12.8. The van der Waals surface area contributed by atoms with Crippen LogP contribution in [0.5, 0.6) is 5.75 Å². The van der Waals surface area contributed by atoms with Gasteiger partial charge in [0.1, 0.15) is 5.75 Å². The molecule has 0 spiro atoms. The Bertz CT molecular complexity index is 835. The van der Waals surface area contributed by atoms with Gasteiger partial charge in [-0.1, -0.05) is 0 Å². The minimum Gasteiger partial charge on any atom is -0.497 e. The molecule has 2 aliphatic rings. The second-order valence-electron chi connectivity index (χ2n) is 6.61. The van der Waals surface area contributed by atoms with E-state index in [1.807, 2.05) is 0 Å². The number of piperidine rings is 1. The van der Waals surface area contributed by atoms with Gasteiger partial charge in [0.15, 0.2) is 0 Å². The summed E-state index contributed by atoms with van der Waals surface area (Å²) >= 11 is 0. The average Bonchev–Trinajstić information content (AvgIpc) is 3.39. The molecule has 0 unspecified atom stereocenters. The van der Waals surface area contributed by atoms with Crippen LogP contribution in [0.4, 0.5) is 0 Å². The molecule has 7 nitrogen and oxygen atoms in total. The fraction of sp³-hybridized carbons (Fsp3) is 0.529. The molecule has 1 aliphatic carbocycles. The highest BCUT2D eigenvalue weighted by Gasteiger charge is 2.34. The summed E-state index contributed by atoms with van der Waals surface area (Å²) in [6.45, 7) is 0.917. The largest absolute Gasteiger partial charge is 0.497 e. The second-order valence-corrected chi connectivity index (χ2v) is 8.54. The summed E-state index contributed by atoms with van der Waals surface area (Å²) in [6, 6.07) is 6.50. The Kier molecular flexibility index (Phi) is 4.24. The molecule has 1 saturated heterocycles. The van der Waals surface area contributed by atoms with Crippen LogP contribution in [0.3, 0.4) is 0 Å². The Morgan fingerprint density at radius 1 is 1.00 bits per heavy atom. The van der Waals surface area contributed by atoms with Gasteiger partial charge in [-0.25, -0.2) is 8.42 Å². The highest BCUT2D eigenvalue weighted by atomic mass is 32.2. The van der Waals surface area contributed by atoms with Crippen LogP contribution in [0.15, 0.2) is 33.6 Å². The lowest BCUT2D eigenvalue weighted by Crippen LogP contribution is -2.37. The van der Waals surface area contributed by atoms with Crippen LogP contribution >= 0.6 is 0 Å². The van der Waals surface area contributed by atoms with E-state index in [-0.39, 0.29) is 5.92 Å². The molecule has 1 saturated carbocycles. The monoisotopic (exact) mass is 363 g/mol. The van der Waals surface area contributed by atoms with E-state index in [9.17, 15) is 8.42 Å².